The number of carbonyl (C=O) groups is 2. The van der Waals surface area contributed by atoms with Gasteiger partial charge in [-0.25, -0.2) is 17.6 Å². The van der Waals surface area contributed by atoms with Crippen LogP contribution in [-0.2, 0) is 24.3 Å². The summed E-state index contributed by atoms with van der Waals surface area (Å²) in [6, 6.07) is 13.6. The Labute approximate surface area is 216 Å². The Balaban J connectivity index is 1.30. The molecule has 5 rings (SSSR count). The van der Waals surface area contributed by atoms with Crippen LogP contribution >= 0.6 is 0 Å². The standard InChI is InChI=1S/C26H23FN2O8S/c1-34-24-13-18-17-4-2-3-5-22(17)37-23(18)14-21(24)28-25(30)15-36-26(31)19-12-16(6-7-20(19)27)38(32,33)29-8-10-35-11-9-29/h2-7,12-14H,8-11,15H2,1H3,(H,28,30). The zero-order chi connectivity index (χ0) is 26.9. The minimum absolute atomic E-state index is 0.142. The second kappa shape index (κ2) is 10.4. The Morgan fingerprint density at radius 2 is 1.79 bits per heavy atom. The van der Waals surface area contributed by atoms with Crippen LogP contribution in [0.1, 0.15) is 10.4 Å². The number of esters is 1. The predicted octanol–water partition coefficient (Wildman–Crippen LogP) is 3.55. The molecule has 0 bridgehead atoms. The summed E-state index contributed by atoms with van der Waals surface area (Å²) in [6.45, 7) is 0.00290. The van der Waals surface area contributed by atoms with Gasteiger partial charge in [0.1, 0.15) is 22.7 Å². The highest BCUT2D eigenvalue weighted by Gasteiger charge is 2.28. The Morgan fingerprint density at radius 3 is 2.55 bits per heavy atom. The molecule has 1 aliphatic rings. The van der Waals surface area contributed by atoms with Gasteiger partial charge in [-0.05, 0) is 30.3 Å². The summed E-state index contributed by atoms with van der Waals surface area (Å²) in [5.74, 6) is -2.52. The first-order valence-corrected chi connectivity index (χ1v) is 13.1. The van der Waals surface area contributed by atoms with E-state index in [2.05, 4.69) is 5.32 Å². The van der Waals surface area contributed by atoms with Crippen LogP contribution in [0.5, 0.6) is 5.75 Å². The third-order valence-corrected chi connectivity index (χ3v) is 7.97. The quantitative estimate of drug-likeness (QED) is 0.352. The molecule has 1 N–H and O–H groups in total. The molecule has 1 aliphatic heterocycles. The summed E-state index contributed by atoms with van der Waals surface area (Å²) in [5, 5.41) is 4.27. The Kier molecular flexibility index (Phi) is 7.02. The first-order valence-electron chi connectivity index (χ1n) is 11.6. The van der Waals surface area contributed by atoms with E-state index in [0.717, 1.165) is 29.0 Å². The van der Waals surface area contributed by atoms with Crippen molar-refractivity contribution in [1.29, 1.82) is 0 Å². The second-order valence-electron chi connectivity index (χ2n) is 8.43. The molecule has 0 radical (unpaired) electrons. The number of hydrogen-bond donors (Lipinski definition) is 1. The van der Waals surface area contributed by atoms with Gasteiger partial charge in [-0.1, -0.05) is 18.2 Å². The van der Waals surface area contributed by atoms with Crippen molar-refractivity contribution in [2.75, 3.05) is 45.3 Å². The minimum Gasteiger partial charge on any atom is -0.495 e. The maximum absolute atomic E-state index is 14.4. The van der Waals surface area contributed by atoms with E-state index in [4.69, 9.17) is 18.6 Å². The number of morpholine rings is 1. The van der Waals surface area contributed by atoms with Crippen LogP contribution < -0.4 is 10.1 Å². The number of benzene rings is 3. The summed E-state index contributed by atoms with van der Waals surface area (Å²) >= 11 is 0. The van der Waals surface area contributed by atoms with Crippen LogP contribution in [0.2, 0.25) is 0 Å². The molecule has 0 atom stereocenters. The number of carbonyl (C=O) groups excluding carboxylic acids is 2. The Hall–Kier alpha value is -4.00. The van der Waals surface area contributed by atoms with E-state index < -0.39 is 39.9 Å². The van der Waals surface area contributed by atoms with Crippen molar-refractivity contribution in [3.8, 4) is 5.75 Å². The smallest absolute Gasteiger partial charge is 0.341 e. The van der Waals surface area contributed by atoms with Crippen molar-refractivity contribution in [2.24, 2.45) is 0 Å². The van der Waals surface area contributed by atoms with E-state index >= 15 is 0 Å². The van der Waals surface area contributed by atoms with Crippen LogP contribution in [-0.4, -0.2) is 64.6 Å². The molecule has 1 fully saturated rings. The van der Waals surface area contributed by atoms with E-state index in [1.54, 1.807) is 12.1 Å². The van der Waals surface area contributed by atoms with Gasteiger partial charge in [0.25, 0.3) is 5.91 Å². The van der Waals surface area contributed by atoms with Crippen molar-refractivity contribution in [2.45, 2.75) is 4.90 Å². The molecule has 0 saturated carbocycles. The van der Waals surface area contributed by atoms with E-state index in [1.165, 1.54) is 11.4 Å². The number of methoxy groups -OCH3 is 1. The molecule has 1 aromatic heterocycles. The predicted molar refractivity (Wildman–Crippen MR) is 135 cm³/mol. The van der Waals surface area contributed by atoms with Gasteiger partial charge in [0.05, 0.1) is 36.5 Å². The maximum Gasteiger partial charge on any atom is 0.341 e. The van der Waals surface area contributed by atoms with Gasteiger partial charge in [-0.15, -0.1) is 0 Å². The number of para-hydroxylation sites is 1. The first-order chi connectivity index (χ1) is 18.3. The average Bonchev–Trinajstić information content (AvgIpc) is 3.29. The summed E-state index contributed by atoms with van der Waals surface area (Å²) in [4.78, 5) is 24.9. The highest BCUT2D eigenvalue weighted by atomic mass is 32.2. The molecule has 0 unspecified atom stereocenters. The number of furan rings is 1. The molecule has 38 heavy (non-hydrogen) atoms. The maximum atomic E-state index is 14.4. The molecule has 198 valence electrons. The third-order valence-electron chi connectivity index (χ3n) is 6.07. The van der Waals surface area contributed by atoms with Crippen molar-refractivity contribution in [3.63, 3.8) is 0 Å². The van der Waals surface area contributed by atoms with Crippen LogP contribution in [0, 0.1) is 5.82 Å². The topological polar surface area (TPSA) is 124 Å². The number of hydrogen-bond acceptors (Lipinski definition) is 8. The first kappa shape index (κ1) is 25.6. The SMILES string of the molecule is COc1cc2c(cc1NC(=O)COC(=O)c1cc(S(=O)(=O)N3CCOCC3)ccc1F)oc1ccccc12. The van der Waals surface area contributed by atoms with E-state index in [1.807, 2.05) is 24.3 Å². The molecule has 0 spiro atoms. The van der Waals surface area contributed by atoms with E-state index in [0.29, 0.717) is 16.9 Å². The Morgan fingerprint density at radius 1 is 1.03 bits per heavy atom. The van der Waals surface area contributed by atoms with Crippen molar-refractivity contribution in [3.05, 3.63) is 66.0 Å². The average molecular weight is 543 g/mol. The fourth-order valence-electron chi connectivity index (χ4n) is 4.17. The molecular weight excluding hydrogens is 519 g/mol. The van der Waals surface area contributed by atoms with Crippen LogP contribution in [0.4, 0.5) is 10.1 Å². The summed E-state index contributed by atoms with van der Waals surface area (Å²) in [7, 11) is -2.52. The molecule has 1 amide bonds. The third kappa shape index (κ3) is 4.93. The zero-order valence-electron chi connectivity index (χ0n) is 20.2. The van der Waals surface area contributed by atoms with Gasteiger partial charge in [0.15, 0.2) is 6.61 Å². The number of ether oxygens (including phenoxy) is 3. The molecule has 0 aliphatic carbocycles. The van der Waals surface area contributed by atoms with Gasteiger partial charge < -0.3 is 23.9 Å². The number of amides is 1. The zero-order valence-corrected chi connectivity index (χ0v) is 21.0. The highest BCUT2D eigenvalue weighted by Crippen LogP contribution is 2.36. The van der Waals surface area contributed by atoms with Gasteiger partial charge >= 0.3 is 5.97 Å². The number of anilines is 1. The van der Waals surface area contributed by atoms with Crippen molar-refractivity contribution >= 4 is 49.5 Å². The van der Waals surface area contributed by atoms with Crippen molar-refractivity contribution in [1.82, 2.24) is 4.31 Å². The molecule has 12 heteroatoms. The lowest BCUT2D eigenvalue weighted by atomic mass is 10.1. The molecule has 2 heterocycles. The summed E-state index contributed by atoms with van der Waals surface area (Å²) < 4.78 is 62.7. The fourth-order valence-corrected chi connectivity index (χ4v) is 5.61. The highest BCUT2D eigenvalue weighted by molar-refractivity contribution is 7.89. The molecule has 1 saturated heterocycles. The lowest BCUT2D eigenvalue weighted by Gasteiger charge is -2.26. The largest absolute Gasteiger partial charge is 0.495 e. The van der Waals surface area contributed by atoms with E-state index in [9.17, 15) is 22.4 Å². The van der Waals surface area contributed by atoms with Gasteiger partial charge in [0, 0.05) is 29.9 Å². The number of nitrogens with one attached hydrogen (secondary N) is 1. The lowest BCUT2D eigenvalue weighted by Crippen LogP contribution is -2.40. The number of halogens is 1. The van der Waals surface area contributed by atoms with E-state index in [-0.39, 0.29) is 36.9 Å². The molecule has 10 nitrogen and oxygen atoms in total. The summed E-state index contributed by atoms with van der Waals surface area (Å²) in [5.41, 5.74) is 0.861. The number of rotatable bonds is 7. The molecular formula is C26H23FN2O8S. The van der Waals surface area contributed by atoms with Crippen LogP contribution in [0.25, 0.3) is 21.9 Å². The fraction of sp³-hybridized carbons (Fsp3) is 0.231. The van der Waals surface area contributed by atoms with Crippen LogP contribution in [0.15, 0.2) is 63.9 Å². The summed E-state index contributed by atoms with van der Waals surface area (Å²) in [6.07, 6.45) is 0. The molecule has 3 aromatic carbocycles. The lowest BCUT2D eigenvalue weighted by molar-refractivity contribution is -0.119. The van der Waals surface area contributed by atoms with Gasteiger partial charge in [-0.3, -0.25) is 4.79 Å². The monoisotopic (exact) mass is 542 g/mol. The van der Waals surface area contributed by atoms with Gasteiger partial charge in [-0.2, -0.15) is 4.31 Å². The number of sulfonamides is 1. The second-order valence-corrected chi connectivity index (χ2v) is 10.4. The Bertz CT molecular complexity index is 1640. The molecule has 4 aromatic rings. The number of nitrogens with zero attached hydrogens (tertiary/aromatic N) is 1. The van der Waals surface area contributed by atoms with Gasteiger partial charge in [0.2, 0.25) is 10.0 Å². The normalized spacial score (nSPS) is 14.5. The number of fused-ring (bicyclic) bond motifs is 3. The van der Waals surface area contributed by atoms with Crippen LogP contribution in [0.3, 0.4) is 0 Å². The van der Waals surface area contributed by atoms with Crippen molar-refractivity contribution < 1.29 is 41.0 Å². The minimum atomic E-state index is -3.97.